The number of Topliss-reactive ketones (excluding diaryl/α,β-unsaturated/α-hetero) is 1. The van der Waals surface area contributed by atoms with Gasteiger partial charge in [0.25, 0.3) is 5.91 Å². The fraction of sp³-hybridized carbons (Fsp3) is 0.771. The largest absolute Gasteiger partial charge is 0.376 e. The van der Waals surface area contributed by atoms with Crippen LogP contribution in [0.5, 0.6) is 0 Å². The molecule has 1 saturated carbocycles. The second-order valence-electron chi connectivity index (χ2n) is 14.8. The molecule has 6 atom stereocenters. The van der Waals surface area contributed by atoms with Gasteiger partial charge in [-0.05, 0) is 57.8 Å². The third-order valence-corrected chi connectivity index (χ3v) is 9.17. The van der Waals surface area contributed by atoms with Crippen LogP contribution in [-0.4, -0.2) is 94.1 Å². The van der Waals surface area contributed by atoms with Crippen molar-refractivity contribution in [3.63, 3.8) is 0 Å². The molecule has 2 aliphatic rings. The lowest BCUT2D eigenvalue weighted by atomic mass is 9.69. The predicted molar refractivity (Wildman–Crippen MR) is 182 cm³/mol. The number of unbranched alkanes of at least 4 members (excludes halogenated alkanes) is 1. The number of rotatable bonds is 17. The zero-order valence-electron chi connectivity index (χ0n) is 29.7. The zero-order chi connectivity index (χ0) is 35.5. The monoisotopic (exact) mass is 663 g/mol. The van der Waals surface area contributed by atoms with Crippen molar-refractivity contribution in [1.82, 2.24) is 26.2 Å². The van der Waals surface area contributed by atoms with Crippen LogP contribution in [0.25, 0.3) is 0 Å². The number of carbonyl (C=O) groups is 4. The SMILES string of the molecule is C=CCNC(=O)C(=O)C(CCCC)NC(=O)[C@@H]1CC(=C)CN1C(O)[C@@H](NC(=O)N[C@@H](C(C)C)C(O)OC(C)(C)C)C1(C)CCCCC1. The molecule has 0 aromatic heterocycles. The lowest BCUT2D eigenvalue weighted by Gasteiger charge is -2.46. The van der Waals surface area contributed by atoms with Crippen LogP contribution >= 0.6 is 0 Å². The summed E-state index contributed by atoms with van der Waals surface area (Å²) >= 11 is 0. The molecule has 2 fully saturated rings. The molecule has 268 valence electrons. The molecule has 0 bridgehead atoms. The van der Waals surface area contributed by atoms with E-state index < -0.39 is 71.3 Å². The molecule has 2 rings (SSSR count). The van der Waals surface area contributed by atoms with Gasteiger partial charge in [-0.1, -0.05) is 78.0 Å². The van der Waals surface area contributed by atoms with Gasteiger partial charge in [0.05, 0.1) is 29.8 Å². The van der Waals surface area contributed by atoms with Crippen LogP contribution in [0.2, 0.25) is 0 Å². The first-order chi connectivity index (χ1) is 21.9. The van der Waals surface area contributed by atoms with Gasteiger partial charge >= 0.3 is 6.03 Å². The minimum atomic E-state index is -1.27. The van der Waals surface area contributed by atoms with Crippen LogP contribution in [0.1, 0.15) is 106 Å². The molecule has 1 aliphatic carbocycles. The average Bonchev–Trinajstić information content (AvgIpc) is 3.39. The highest BCUT2D eigenvalue weighted by atomic mass is 16.6. The third-order valence-electron chi connectivity index (χ3n) is 9.17. The summed E-state index contributed by atoms with van der Waals surface area (Å²) < 4.78 is 5.74. The van der Waals surface area contributed by atoms with Gasteiger partial charge in [-0.25, -0.2) is 4.79 Å². The summed E-state index contributed by atoms with van der Waals surface area (Å²) in [6.45, 7) is 21.2. The fourth-order valence-corrected chi connectivity index (χ4v) is 6.51. The summed E-state index contributed by atoms with van der Waals surface area (Å²) in [4.78, 5) is 54.5. The van der Waals surface area contributed by atoms with Crippen molar-refractivity contribution >= 4 is 23.6 Å². The van der Waals surface area contributed by atoms with Crippen molar-refractivity contribution in [1.29, 1.82) is 0 Å². The van der Waals surface area contributed by atoms with Gasteiger partial charge in [-0.2, -0.15) is 0 Å². The van der Waals surface area contributed by atoms with Crippen LogP contribution in [0, 0.1) is 11.3 Å². The standard InChI is InChI=1S/C35H61N5O7/c1-10-12-16-24(27(41)30(43)36-19-11-2)37-29(42)25-20-23(5)21-40(25)31(44)28(35(9)17-14-13-15-18-35)39-33(46)38-26(22(3)4)32(45)47-34(6,7)8/h11,22,24-26,28,31-32,44-45H,2,5,10,12-21H2,1,3-4,6-9H3,(H,36,43)(H,37,42)(H2,38,39,46)/t24?,25-,26-,28+,31?,32?/m0/s1. The predicted octanol–water partition coefficient (Wildman–Crippen LogP) is 3.28. The highest BCUT2D eigenvalue weighted by Gasteiger charge is 2.47. The summed E-state index contributed by atoms with van der Waals surface area (Å²) in [7, 11) is 0. The van der Waals surface area contributed by atoms with E-state index in [1.54, 1.807) is 4.90 Å². The number of ether oxygens (including phenoxy) is 1. The highest BCUT2D eigenvalue weighted by Crippen LogP contribution is 2.41. The topological polar surface area (TPSA) is 169 Å². The lowest BCUT2D eigenvalue weighted by molar-refractivity contribution is -0.184. The van der Waals surface area contributed by atoms with Crippen LogP contribution in [0.4, 0.5) is 4.79 Å². The Kier molecular flexibility index (Phi) is 15.5. The van der Waals surface area contributed by atoms with Crippen molar-refractivity contribution in [2.45, 2.75) is 149 Å². The molecule has 12 nitrogen and oxygen atoms in total. The maximum Gasteiger partial charge on any atom is 0.315 e. The van der Waals surface area contributed by atoms with Crippen molar-refractivity contribution in [2.75, 3.05) is 13.1 Å². The van der Waals surface area contributed by atoms with E-state index in [2.05, 4.69) is 34.4 Å². The number of carbonyl (C=O) groups excluding carboxylic acids is 4. The number of nitrogens with zero attached hydrogens (tertiary/aromatic N) is 1. The number of ketones is 1. The molecule has 47 heavy (non-hydrogen) atoms. The summed E-state index contributed by atoms with van der Waals surface area (Å²) in [5.74, 6) is -2.19. The van der Waals surface area contributed by atoms with Gasteiger partial charge in [0, 0.05) is 13.1 Å². The zero-order valence-corrected chi connectivity index (χ0v) is 29.7. The number of amides is 4. The van der Waals surface area contributed by atoms with Crippen LogP contribution < -0.4 is 21.3 Å². The molecule has 3 unspecified atom stereocenters. The van der Waals surface area contributed by atoms with Crippen molar-refractivity contribution in [2.24, 2.45) is 11.3 Å². The first kappa shape index (κ1) is 40.4. The Labute approximate surface area is 281 Å². The van der Waals surface area contributed by atoms with E-state index in [-0.39, 0.29) is 25.4 Å². The number of aliphatic hydroxyl groups excluding tert-OH is 2. The van der Waals surface area contributed by atoms with E-state index in [1.165, 1.54) is 6.08 Å². The molecular formula is C35H61N5O7. The molecule has 1 heterocycles. The van der Waals surface area contributed by atoms with Gasteiger partial charge in [-0.15, -0.1) is 6.58 Å². The van der Waals surface area contributed by atoms with Crippen LogP contribution in [0.15, 0.2) is 24.8 Å². The van der Waals surface area contributed by atoms with Crippen LogP contribution in [-0.2, 0) is 19.1 Å². The summed E-state index contributed by atoms with van der Waals surface area (Å²) in [6.07, 6.45) is 5.32. The smallest absolute Gasteiger partial charge is 0.315 e. The Bertz CT molecular complexity index is 1100. The van der Waals surface area contributed by atoms with Crippen LogP contribution in [0.3, 0.4) is 0 Å². The number of hydrogen-bond donors (Lipinski definition) is 6. The van der Waals surface area contributed by atoms with E-state index >= 15 is 0 Å². The maximum atomic E-state index is 13.8. The Balaban J connectivity index is 2.33. The Morgan fingerprint density at radius 1 is 1.09 bits per heavy atom. The number of likely N-dealkylation sites (tertiary alicyclic amines) is 1. The molecule has 1 aliphatic heterocycles. The molecule has 0 aromatic carbocycles. The first-order valence-electron chi connectivity index (χ1n) is 17.2. The number of nitrogens with one attached hydrogen (secondary N) is 4. The first-order valence-corrected chi connectivity index (χ1v) is 17.2. The van der Waals surface area contributed by atoms with Gasteiger partial charge in [0.1, 0.15) is 6.23 Å². The molecule has 6 N–H and O–H groups in total. The third kappa shape index (κ3) is 12.0. The molecule has 1 saturated heterocycles. The number of hydrogen-bond acceptors (Lipinski definition) is 8. The quantitative estimate of drug-likeness (QED) is 0.0783. The normalized spacial score (nSPS) is 21.7. The highest BCUT2D eigenvalue weighted by molar-refractivity contribution is 6.38. The van der Waals surface area contributed by atoms with E-state index in [0.717, 1.165) is 44.1 Å². The Morgan fingerprint density at radius 3 is 2.28 bits per heavy atom. The van der Waals surface area contributed by atoms with Gasteiger partial charge < -0.3 is 36.2 Å². The Morgan fingerprint density at radius 2 is 1.72 bits per heavy atom. The summed E-state index contributed by atoms with van der Waals surface area (Å²) in [5.41, 5.74) is -0.400. The Hall–Kier alpha value is -2.80. The van der Waals surface area contributed by atoms with E-state index in [1.807, 2.05) is 48.5 Å². The number of urea groups is 1. The molecule has 12 heteroatoms. The summed E-state index contributed by atoms with van der Waals surface area (Å²) in [6, 6.07) is -3.95. The van der Waals surface area contributed by atoms with E-state index in [0.29, 0.717) is 12.8 Å². The minimum absolute atomic E-state index is 0.128. The van der Waals surface area contributed by atoms with Gasteiger partial charge in [0.15, 0.2) is 6.29 Å². The molecule has 0 radical (unpaired) electrons. The van der Waals surface area contributed by atoms with E-state index in [4.69, 9.17) is 4.74 Å². The lowest BCUT2D eigenvalue weighted by Crippen LogP contribution is -2.64. The molecule has 4 amide bonds. The van der Waals surface area contributed by atoms with Crippen molar-refractivity contribution in [3.05, 3.63) is 24.8 Å². The summed E-state index contributed by atoms with van der Waals surface area (Å²) in [5, 5.41) is 34.0. The second-order valence-corrected chi connectivity index (χ2v) is 14.8. The van der Waals surface area contributed by atoms with Crippen molar-refractivity contribution in [3.8, 4) is 0 Å². The van der Waals surface area contributed by atoms with Gasteiger partial charge in [-0.3, -0.25) is 19.3 Å². The average molecular weight is 664 g/mol. The van der Waals surface area contributed by atoms with Gasteiger partial charge in [0.2, 0.25) is 11.7 Å². The van der Waals surface area contributed by atoms with Crippen molar-refractivity contribution < 1.29 is 34.1 Å². The number of aliphatic hydroxyl groups is 2. The molecule has 0 aromatic rings. The second kappa shape index (κ2) is 18.1. The molecular weight excluding hydrogens is 602 g/mol. The fourth-order valence-electron chi connectivity index (χ4n) is 6.51. The van der Waals surface area contributed by atoms with E-state index in [9.17, 15) is 29.4 Å². The molecule has 0 spiro atoms. The maximum absolute atomic E-state index is 13.8. The minimum Gasteiger partial charge on any atom is -0.376 e.